The number of hydrogen-bond acceptors (Lipinski definition) is 3. The minimum Gasteiger partial charge on any atom is -0.508 e. The van der Waals surface area contributed by atoms with Gasteiger partial charge in [0.2, 0.25) is 0 Å². The number of phenols is 3. The highest BCUT2D eigenvalue weighted by Gasteiger charge is 2.11. The SMILES string of the molecule is Cc1ccc(-c2ccc(O)cc2O)c(C)c1O. The fraction of sp³-hybridized carbons (Fsp3) is 0.143. The van der Waals surface area contributed by atoms with Crippen LogP contribution in [0.15, 0.2) is 30.3 Å². The van der Waals surface area contributed by atoms with Crippen LogP contribution in [0.25, 0.3) is 11.1 Å². The molecule has 3 heteroatoms. The molecule has 0 unspecified atom stereocenters. The number of aromatic hydroxyl groups is 3. The van der Waals surface area contributed by atoms with Crippen molar-refractivity contribution in [2.24, 2.45) is 0 Å². The maximum absolute atomic E-state index is 9.86. The minimum atomic E-state index is -0.00338. The highest BCUT2D eigenvalue weighted by molar-refractivity contribution is 5.76. The third-order valence-electron chi connectivity index (χ3n) is 2.90. The van der Waals surface area contributed by atoms with Crippen LogP contribution in [-0.4, -0.2) is 15.3 Å². The first kappa shape index (κ1) is 11.3. The second-order valence-electron chi connectivity index (χ2n) is 4.11. The molecule has 2 rings (SSSR count). The van der Waals surface area contributed by atoms with Crippen molar-refractivity contribution in [1.82, 2.24) is 0 Å². The topological polar surface area (TPSA) is 60.7 Å². The van der Waals surface area contributed by atoms with Crippen molar-refractivity contribution in [2.75, 3.05) is 0 Å². The van der Waals surface area contributed by atoms with Crippen molar-refractivity contribution in [1.29, 1.82) is 0 Å². The van der Waals surface area contributed by atoms with E-state index >= 15 is 0 Å². The number of phenolic OH excluding ortho intramolecular Hbond substituents is 3. The summed E-state index contributed by atoms with van der Waals surface area (Å²) < 4.78 is 0. The monoisotopic (exact) mass is 230 g/mol. The van der Waals surface area contributed by atoms with Crippen molar-refractivity contribution in [3.8, 4) is 28.4 Å². The van der Waals surface area contributed by atoms with Gasteiger partial charge in [-0.1, -0.05) is 12.1 Å². The lowest BCUT2D eigenvalue weighted by molar-refractivity contribution is 0.451. The van der Waals surface area contributed by atoms with Gasteiger partial charge in [-0.2, -0.15) is 0 Å². The van der Waals surface area contributed by atoms with E-state index in [1.165, 1.54) is 12.1 Å². The molecule has 88 valence electrons. The van der Waals surface area contributed by atoms with Crippen molar-refractivity contribution in [2.45, 2.75) is 13.8 Å². The molecule has 0 heterocycles. The molecule has 0 saturated carbocycles. The van der Waals surface area contributed by atoms with Gasteiger partial charge in [0.1, 0.15) is 17.2 Å². The molecule has 0 aliphatic rings. The highest BCUT2D eigenvalue weighted by Crippen LogP contribution is 2.37. The first-order valence-corrected chi connectivity index (χ1v) is 5.32. The second-order valence-corrected chi connectivity index (χ2v) is 4.11. The lowest BCUT2D eigenvalue weighted by Crippen LogP contribution is -1.87. The molecule has 2 aromatic rings. The Balaban J connectivity index is 2.65. The third-order valence-corrected chi connectivity index (χ3v) is 2.90. The second kappa shape index (κ2) is 4.01. The molecule has 0 bridgehead atoms. The predicted octanol–water partition coefficient (Wildman–Crippen LogP) is 3.09. The van der Waals surface area contributed by atoms with E-state index in [1.54, 1.807) is 19.1 Å². The number of aryl methyl sites for hydroxylation is 1. The summed E-state index contributed by atoms with van der Waals surface area (Å²) in [7, 11) is 0. The van der Waals surface area contributed by atoms with Crippen LogP contribution in [0.3, 0.4) is 0 Å². The van der Waals surface area contributed by atoms with Crippen molar-refractivity contribution >= 4 is 0 Å². The Hall–Kier alpha value is -2.16. The van der Waals surface area contributed by atoms with Gasteiger partial charge in [-0.15, -0.1) is 0 Å². The van der Waals surface area contributed by atoms with Crippen LogP contribution in [0.4, 0.5) is 0 Å². The molecule has 0 spiro atoms. The molecule has 3 N–H and O–H groups in total. The quantitative estimate of drug-likeness (QED) is 0.705. The molecular formula is C14H14O3. The van der Waals surface area contributed by atoms with Gasteiger partial charge in [-0.05, 0) is 42.7 Å². The summed E-state index contributed by atoms with van der Waals surface area (Å²) in [5.41, 5.74) is 2.86. The van der Waals surface area contributed by atoms with Gasteiger partial charge < -0.3 is 15.3 Å². The summed E-state index contributed by atoms with van der Waals surface area (Å²) >= 11 is 0. The largest absolute Gasteiger partial charge is 0.508 e. The Morgan fingerprint density at radius 2 is 1.47 bits per heavy atom. The third kappa shape index (κ3) is 1.91. The smallest absolute Gasteiger partial charge is 0.127 e. The zero-order chi connectivity index (χ0) is 12.6. The molecule has 0 amide bonds. The lowest BCUT2D eigenvalue weighted by atomic mass is 9.97. The fourth-order valence-electron chi connectivity index (χ4n) is 1.88. The van der Waals surface area contributed by atoms with Crippen LogP contribution in [0.1, 0.15) is 11.1 Å². The van der Waals surface area contributed by atoms with Gasteiger partial charge in [0.15, 0.2) is 0 Å². The summed E-state index contributed by atoms with van der Waals surface area (Å²) in [6, 6.07) is 8.05. The van der Waals surface area contributed by atoms with Crippen molar-refractivity contribution in [3.05, 3.63) is 41.5 Å². The maximum Gasteiger partial charge on any atom is 0.127 e. The molecule has 3 nitrogen and oxygen atoms in total. The average Bonchev–Trinajstić information content (AvgIpc) is 2.28. The van der Waals surface area contributed by atoms with E-state index in [9.17, 15) is 15.3 Å². The zero-order valence-electron chi connectivity index (χ0n) is 9.73. The molecule has 0 radical (unpaired) electrons. The fourth-order valence-corrected chi connectivity index (χ4v) is 1.88. The predicted molar refractivity (Wildman–Crippen MR) is 66.3 cm³/mol. The van der Waals surface area contributed by atoms with Gasteiger partial charge >= 0.3 is 0 Å². The van der Waals surface area contributed by atoms with E-state index in [1.807, 2.05) is 13.0 Å². The van der Waals surface area contributed by atoms with Crippen molar-refractivity contribution in [3.63, 3.8) is 0 Å². The zero-order valence-corrected chi connectivity index (χ0v) is 9.73. The van der Waals surface area contributed by atoms with Gasteiger partial charge in [-0.3, -0.25) is 0 Å². The maximum atomic E-state index is 9.86. The van der Waals surface area contributed by atoms with Crippen LogP contribution >= 0.6 is 0 Å². The Labute approximate surface area is 99.6 Å². The Morgan fingerprint density at radius 3 is 2.12 bits per heavy atom. The van der Waals surface area contributed by atoms with Crippen LogP contribution in [0.2, 0.25) is 0 Å². The highest BCUT2D eigenvalue weighted by atomic mass is 16.3. The molecule has 2 aromatic carbocycles. The summed E-state index contributed by atoms with van der Waals surface area (Å²) in [5, 5.41) is 28.9. The van der Waals surface area contributed by atoms with Crippen LogP contribution in [0, 0.1) is 13.8 Å². The minimum absolute atomic E-state index is 0.00338. The van der Waals surface area contributed by atoms with Gasteiger partial charge in [-0.25, -0.2) is 0 Å². The Morgan fingerprint density at radius 1 is 0.824 bits per heavy atom. The average molecular weight is 230 g/mol. The molecule has 0 aliphatic heterocycles. The van der Waals surface area contributed by atoms with Gasteiger partial charge in [0.05, 0.1) is 0 Å². The van der Waals surface area contributed by atoms with Crippen LogP contribution in [0.5, 0.6) is 17.2 Å². The summed E-state index contributed by atoms with van der Waals surface area (Å²) in [6.07, 6.45) is 0. The van der Waals surface area contributed by atoms with Gasteiger partial charge in [0, 0.05) is 11.6 Å². The first-order chi connectivity index (χ1) is 8.00. The van der Waals surface area contributed by atoms with E-state index < -0.39 is 0 Å². The van der Waals surface area contributed by atoms with E-state index in [0.29, 0.717) is 11.1 Å². The molecule has 0 aromatic heterocycles. The Kier molecular flexibility index (Phi) is 2.68. The normalized spacial score (nSPS) is 10.5. The van der Waals surface area contributed by atoms with E-state index in [0.717, 1.165) is 11.1 Å². The first-order valence-electron chi connectivity index (χ1n) is 5.32. The van der Waals surface area contributed by atoms with Crippen molar-refractivity contribution < 1.29 is 15.3 Å². The van der Waals surface area contributed by atoms with Gasteiger partial charge in [0.25, 0.3) is 0 Å². The van der Waals surface area contributed by atoms with E-state index in [-0.39, 0.29) is 17.2 Å². The molecule has 0 saturated heterocycles. The molecule has 17 heavy (non-hydrogen) atoms. The van der Waals surface area contributed by atoms with Crippen LogP contribution in [-0.2, 0) is 0 Å². The lowest BCUT2D eigenvalue weighted by Gasteiger charge is -2.11. The van der Waals surface area contributed by atoms with E-state index in [4.69, 9.17) is 0 Å². The number of rotatable bonds is 1. The summed E-state index contributed by atoms with van der Waals surface area (Å²) in [4.78, 5) is 0. The number of hydrogen-bond donors (Lipinski definition) is 3. The number of benzene rings is 2. The van der Waals surface area contributed by atoms with Crippen LogP contribution < -0.4 is 0 Å². The standard InChI is InChI=1S/C14H14O3/c1-8-3-5-11(9(2)14(8)17)12-6-4-10(15)7-13(12)16/h3-7,15-17H,1-2H3. The Bertz CT molecular complexity index is 574. The molecular weight excluding hydrogens is 216 g/mol. The molecule has 0 atom stereocenters. The van der Waals surface area contributed by atoms with E-state index in [2.05, 4.69) is 0 Å². The summed E-state index contributed by atoms with van der Waals surface area (Å²) in [5.74, 6) is 0.242. The molecule has 0 aliphatic carbocycles. The molecule has 0 fully saturated rings. The summed E-state index contributed by atoms with van der Waals surface area (Å²) in [6.45, 7) is 3.62.